The van der Waals surface area contributed by atoms with Crippen LogP contribution in [0.3, 0.4) is 0 Å². The zero-order chi connectivity index (χ0) is 14.1. The molecule has 0 saturated carbocycles. The van der Waals surface area contributed by atoms with Crippen LogP contribution in [0.15, 0.2) is 48.5 Å². The second kappa shape index (κ2) is 4.93. The zero-order valence-electron chi connectivity index (χ0n) is 11.8. The third-order valence-electron chi connectivity index (χ3n) is 3.66. The van der Waals surface area contributed by atoms with E-state index in [0.29, 0.717) is 0 Å². The molecule has 0 unspecified atom stereocenters. The second-order valence-electron chi connectivity index (χ2n) is 5.00. The smallest absolute Gasteiger partial charge is 0.125 e. The molecule has 2 N–H and O–H groups in total. The van der Waals surface area contributed by atoms with Crippen LogP contribution in [0.5, 0.6) is 5.75 Å². The van der Waals surface area contributed by atoms with Gasteiger partial charge in [0.25, 0.3) is 0 Å². The number of rotatable bonds is 3. The minimum atomic E-state index is 0.722. The van der Waals surface area contributed by atoms with E-state index in [4.69, 9.17) is 10.5 Å². The molecular weight excluding hydrogens is 248 g/mol. The van der Waals surface area contributed by atoms with Crippen LogP contribution in [0, 0.1) is 6.92 Å². The molecule has 20 heavy (non-hydrogen) atoms. The van der Waals surface area contributed by atoms with E-state index in [1.165, 1.54) is 16.6 Å². The number of nitrogen functional groups attached to an aromatic ring is 1. The van der Waals surface area contributed by atoms with Crippen LogP contribution in [0.4, 0.5) is 5.69 Å². The summed E-state index contributed by atoms with van der Waals surface area (Å²) < 4.78 is 7.73. The molecule has 0 bridgehead atoms. The minimum absolute atomic E-state index is 0.722. The number of ether oxygens (including phenoxy) is 1. The first-order chi connectivity index (χ1) is 9.69. The monoisotopic (exact) mass is 266 g/mol. The lowest BCUT2D eigenvalue weighted by Gasteiger charge is -2.13. The third-order valence-corrected chi connectivity index (χ3v) is 3.66. The van der Waals surface area contributed by atoms with Crippen molar-refractivity contribution in [1.82, 2.24) is 4.57 Å². The standard InChI is InChI=1S/C17H18N2O/c1-12-9-13-5-3-4-6-16(13)19(12)11-14-7-8-15(18)10-17(14)20-2/h3-10H,11,18H2,1-2H3. The number of aryl methyl sites for hydroxylation is 1. The number of nitrogens with two attached hydrogens (primary N) is 1. The Balaban J connectivity index is 2.07. The minimum Gasteiger partial charge on any atom is -0.496 e. The van der Waals surface area contributed by atoms with Crippen LogP contribution in [0.1, 0.15) is 11.3 Å². The highest BCUT2D eigenvalue weighted by Gasteiger charge is 2.09. The fourth-order valence-corrected chi connectivity index (χ4v) is 2.62. The number of benzene rings is 2. The van der Waals surface area contributed by atoms with Crippen molar-refractivity contribution in [3.05, 3.63) is 59.8 Å². The predicted molar refractivity (Wildman–Crippen MR) is 83.2 cm³/mol. The van der Waals surface area contributed by atoms with Crippen LogP contribution >= 0.6 is 0 Å². The number of aromatic nitrogens is 1. The molecule has 0 atom stereocenters. The van der Waals surface area contributed by atoms with Crippen LogP contribution in [0.2, 0.25) is 0 Å². The molecule has 0 radical (unpaired) electrons. The molecule has 3 nitrogen and oxygen atoms in total. The van der Waals surface area contributed by atoms with Gasteiger partial charge in [-0.15, -0.1) is 0 Å². The number of hydrogen-bond donors (Lipinski definition) is 1. The topological polar surface area (TPSA) is 40.2 Å². The molecule has 102 valence electrons. The van der Waals surface area contributed by atoms with Crippen LogP contribution in [-0.4, -0.2) is 11.7 Å². The first kappa shape index (κ1) is 12.6. The molecule has 0 aliphatic heterocycles. The Morgan fingerprint density at radius 1 is 1.10 bits per heavy atom. The lowest BCUT2D eigenvalue weighted by molar-refractivity contribution is 0.409. The summed E-state index contributed by atoms with van der Waals surface area (Å²) in [5, 5.41) is 1.26. The van der Waals surface area contributed by atoms with E-state index in [2.05, 4.69) is 41.8 Å². The Morgan fingerprint density at radius 3 is 2.70 bits per heavy atom. The first-order valence-corrected chi connectivity index (χ1v) is 6.66. The molecule has 3 rings (SSSR count). The molecule has 0 amide bonds. The Morgan fingerprint density at radius 2 is 1.90 bits per heavy atom. The average molecular weight is 266 g/mol. The molecule has 2 aromatic carbocycles. The van der Waals surface area contributed by atoms with Crippen LogP contribution < -0.4 is 10.5 Å². The van der Waals surface area contributed by atoms with Gasteiger partial charge in [0, 0.05) is 28.5 Å². The van der Waals surface area contributed by atoms with Crippen molar-refractivity contribution in [3.63, 3.8) is 0 Å². The van der Waals surface area contributed by atoms with Gasteiger partial charge in [0.05, 0.1) is 13.7 Å². The van der Waals surface area contributed by atoms with Crippen molar-refractivity contribution >= 4 is 16.6 Å². The summed E-state index contributed by atoms with van der Waals surface area (Å²) in [6.45, 7) is 2.91. The highest BCUT2D eigenvalue weighted by molar-refractivity contribution is 5.81. The van der Waals surface area contributed by atoms with Gasteiger partial charge < -0.3 is 15.0 Å². The molecule has 1 heterocycles. The quantitative estimate of drug-likeness (QED) is 0.736. The predicted octanol–water partition coefficient (Wildman–Crippen LogP) is 3.59. The summed E-state index contributed by atoms with van der Waals surface area (Å²) in [5.41, 5.74) is 10.1. The number of para-hydroxylation sites is 1. The summed E-state index contributed by atoms with van der Waals surface area (Å²) >= 11 is 0. The van der Waals surface area contributed by atoms with Crippen molar-refractivity contribution < 1.29 is 4.74 Å². The highest BCUT2D eigenvalue weighted by Crippen LogP contribution is 2.26. The van der Waals surface area contributed by atoms with Gasteiger partial charge in [-0.3, -0.25) is 0 Å². The highest BCUT2D eigenvalue weighted by atomic mass is 16.5. The molecule has 0 saturated heterocycles. The van der Waals surface area contributed by atoms with Gasteiger partial charge in [0.1, 0.15) is 5.75 Å². The molecule has 0 spiro atoms. The molecular formula is C17H18N2O. The maximum absolute atomic E-state index is 5.81. The fourth-order valence-electron chi connectivity index (χ4n) is 2.62. The number of methoxy groups -OCH3 is 1. The Hall–Kier alpha value is -2.42. The van der Waals surface area contributed by atoms with Crippen molar-refractivity contribution in [2.24, 2.45) is 0 Å². The molecule has 0 aliphatic carbocycles. The lowest BCUT2D eigenvalue weighted by Crippen LogP contribution is -2.03. The molecule has 0 fully saturated rings. The van der Waals surface area contributed by atoms with E-state index >= 15 is 0 Å². The van der Waals surface area contributed by atoms with Gasteiger partial charge in [-0.25, -0.2) is 0 Å². The Labute approximate surface area is 118 Å². The number of nitrogens with zero attached hydrogens (tertiary/aromatic N) is 1. The normalized spacial score (nSPS) is 10.9. The largest absolute Gasteiger partial charge is 0.496 e. The lowest BCUT2D eigenvalue weighted by atomic mass is 10.1. The summed E-state index contributed by atoms with van der Waals surface area (Å²) in [5.74, 6) is 0.835. The van der Waals surface area contributed by atoms with E-state index in [-0.39, 0.29) is 0 Å². The van der Waals surface area contributed by atoms with Gasteiger partial charge >= 0.3 is 0 Å². The van der Waals surface area contributed by atoms with E-state index in [0.717, 1.165) is 23.5 Å². The summed E-state index contributed by atoms with van der Waals surface area (Å²) in [6.07, 6.45) is 0. The molecule has 1 aromatic heterocycles. The Kier molecular flexibility index (Phi) is 3.11. The van der Waals surface area contributed by atoms with E-state index in [1.807, 2.05) is 18.2 Å². The average Bonchev–Trinajstić information content (AvgIpc) is 2.77. The number of anilines is 1. The molecule has 3 heteroatoms. The van der Waals surface area contributed by atoms with Gasteiger partial charge in [0.2, 0.25) is 0 Å². The fraction of sp³-hybridized carbons (Fsp3) is 0.176. The van der Waals surface area contributed by atoms with Gasteiger partial charge in [-0.1, -0.05) is 24.3 Å². The molecule has 0 aliphatic rings. The second-order valence-corrected chi connectivity index (χ2v) is 5.00. The SMILES string of the molecule is COc1cc(N)ccc1Cn1c(C)cc2ccccc21. The van der Waals surface area contributed by atoms with Crippen molar-refractivity contribution in [3.8, 4) is 5.75 Å². The van der Waals surface area contributed by atoms with Gasteiger partial charge in [0.15, 0.2) is 0 Å². The van der Waals surface area contributed by atoms with Gasteiger partial charge in [-0.05, 0) is 30.5 Å². The van der Waals surface area contributed by atoms with Crippen molar-refractivity contribution in [2.75, 3.05) is 12.8 Å². The molecule has 3 aromatic rings. The van der Waals surface area contributed by atoms with E-state index in [9.17, 15) is 0 Å². The summed E-state index contributed by atoms with van der Waals surface area (Å²) in [4.78, 5) is 0. The van der Waals surface area contributed by atoms with Crippen molar-refractivity contribution in [2.45, 2.75) is 13.5 Å². The maximum Gasteiger partial charge on any atom is 0.125 e. The van der Waals surface area contributed by atoms with E-state index in [1.54, 1.807) is 7.11 Å². The maximum atomic E-state index is 5.81. The van der Waals surface area contributed by atoms with Gasteiger partial charge in [-0.2, -0.15) is 0 Å². The van der Waals surface area contributed by atoms with Crippen LogP contribution in [-0.2, 0) is 6.54 Å². The zero-order valence-corrected chi connectivity index (χ0v) is 11.8. The summed E-state index contributed by atoms with van der Waals surface area (Å²) in [6, 6.07) is 16.4. The van der Waals surface area contributed by atoms with Crippen LogP contribution in [0.25, 0.3) is 10.9 Å². The van der Waals surface area contributed by atoms with Crippen molar-refractivity contribution in [1.29, 1.82) is 0 Å². The Bertz CT molecular complexity index is 759. The number of hydrogen-bond acceptors (Lipinski definition) is 2. The third kappa shape index (κ3) is 2.11. The van der Waals surface area contributed by atoms with E-state index < -0.39 is 0 Å². The summed E-state index contributed by atoms with van der Waals surface area (Å²) in [7, 11) is 1.68. The first-order valence-electron chi connectivity index (χ1n) is 6.66. The number of fused-ring (bicyclic) bond motifs is 1.